The normalized spacial score (nSPS) is 17.4. The number of carbonyl (C=O) groups is 1. The number of amides is 1. The minimum atomic E-state index is 0.0635. The highest BCUT2D eigenvalue weighted by molar-refractivity contribution is 5.81. The van der Waals surface area contributed by atoms with Crippen molar-refractivity contribution in [3.05, 3.63) is 35.9 Å². The average Bonchev–Trinajstić information content (AvgIpc) is 3.13. The van der Waals surface area contributed by atoms with Crippen molar-refractivity contribution in [3.63, 3.8) is 0 Å². The molecule has 0 saturated carbocycles. The molecule has 1 aromatic rings. The van der Waals surface area contributed by atoms with E-state index in [2.05, 4.69) is 59.8 Å². The van der Waals surface area contributed by atoms with E-state index in [-0.39, 0.29) is 17.9 Å². The lowest BCUT2D eigenvalue weighted by atomic mass is 10.2. The number of rotatable bonds is 9. The summed E-state index contributed by atoms with van der Waals surface area (Å²) in [7, 11) is 2.15. The second kappa shape index (κ2) is 11.7. The Morgan fingerprint density at radius 2 is 2.07 bits per heavy atom. The summed E-state index contributed by atoms with van der Waals surface area (Å²) < 4.78 is 0. The molecule has 0 aliphatic carbocycles. The highest BCUT2D eigenvalue weighted by atomic mass is 16.2. The van der Waals surface area contributed by atoms with Gasteiger partial charge in [-0.05, 0) is 38.9 Å². The SMILES string of the molecule is CCNC(=NCCCN(C)Cc1ccccc1)NC1CCN(C(=O)C(C)C)C1. The van der Waals surface area contributed by atoms with E-state index < -0.39 is 0 Å². The highest BCUT2D eigenvalue weighted by Crippen LogP contribution is 2.12. The van der Waals surface area contributed by atoms with Crippen LogP contribution < -0.4 is 10.6 Å². The Balaban J connectivity index is 1.74. The molecule has 0 radical (unpaired) electrons. The van der Waals surface area contributed by atoms with Crippen LogP contribution in [0.3, 0.4) is 0 Å². The van der Waals surface area contributed by atoms with Crippen molar-refractivity contribution in [1.82, 2.24) is 20.4 Å². The molecule has 2 rings (SSSR count). The molecule has 1 saturated heterocycles. The van der Waals surface area contributed by atoms with Crippen molar-refractivity contribution < 1.29 is 4.79 Å². The summed E-state index contributed by atoms with van der Waals surface area (Å²) in [6.45, 7) is 11.2. The van der Waals surface area contributed by atoms with E-state index in [0.717, 1.165) is 58.1 Å². The third kappa shape index (κ3) is 7.50. The first kappa shape index (κ1) is 22.2. The van der Waals surface area contributed by atoms with Gasteiger partial charge in [0.15, 0.2) is 5.96 Å². The maximum atomic E-state index is 12.2. The molecule has 1 aliphatic heterocycles. The molecule has 28 heavy (non-hydrogen) atoms. The van der Waals surface area contributed by atoms with Crippen LogP contribution in [0.5, 0.6) is 0 Å². The van der Waals surface area contributed by atoms with Crippen LogP contribution in [0.2, 0.25) is 0 Å². The minimum Gasteiger partial charge on any atom is -0.357 e. The maximum Gasteiger partial charge on any atom is 0.225 e. The fraction of sp³-hybridized carbons (Fsp3) is 0.636. The van der Waals surface area contributed by atoms with Gasteiger partial charge in [0.25, 0.3) is 0 Å². The monoisotopic (exact) mass is 387 g/mol. The molecule has 1 fully saturated rings. The third-order valence-electron chi connectivity index (χ3n) is 4.94. The van der Waals surface area contributed by atoms with Gasteiger partial charge < -0.3 is 20.4 Å². The lowest BCUT2D eigenvalue weighted by Gasteiger charge is -2.20. The number of nitrogens with one attached hydrogen (secondary N) is 2. The Bertz CT molecular complexity index is 617. The van der Waals surface area contributed by atoms with Crippen LogP contribution in [0.1, 0.15) is 39.2 Å². The number of nitrogens with zero attached hydrogens (tertiary/aromatic N) is 3. The van der Waals surface area contributed by atoms with Gasteiger partial charge in [0.1, 0.15) is 0 Å². The van der Waals surface area contributed by atoms with Gasteiger partial charge in [-0.2, -0.15) is 0 Å². The summed E-state index contributed by atoms with van der Waals surface area (Å²) in [6.07, 6.45) is 1.99. The van der Waals surface area contributed by atoms with Crippen LogP contribution in [-0.4, -0.2) is 67.5 Å². The number of carbonyl (C=O) groups excluding carboxylic acids is 1. The zero-order chi connectivity index (χ0) is 20.4. The zero-order valence-electron chi connectivity index (χ0n) is 17.9. The van der Waals surface area contributed by atoms with Crippen LogP contribution in [0.15, 0.2) is 35.3 Å². The standard InChI is InChI=1S/C22H37N5O/c1-5-23-22(25-20-12-15-27(17-20)21(28)18(2)3)24-13-9-14-26(4)16-19-10-7-6-8-11-19/h6-8,10-11,18,20H,5,9,12-17H2,1-4H3,(H2,23,24,25). The largest absolute Gasteiger partial charge is 0.357 e. The Kier molecular flexibility index (Phi) is 9.28. The topological polar surface area (TPSA) is 60.0 Å². The van der Waals surface area contributed by atoms with Gasteiger partial charge in [0.05, 0.1) is 0 Å². The zero-order valence-corrected chi connectivity index (χ0v) is 17.9. The lowest BCUT2D eigenvalue weighted by molar-refractivity contribution is -0.133. The number of benzene rings is 1. The van der Waals surface area contributed by atoms with E-state index >= 15 is 0 Å². The molecular weight excluding hydrogens is 350 g/mol. The van der Waals surface area contributed by atoms with E-state index in [9.17, 15) is 4.79 Å². The minimum absolute atomic E-state index is 0.0635. The van der Waals surface area contributed by atoms with E-state index in [1.165, 1.54) is 5.56 Å². The second-order valence-electron chi connectivity index (χ2n) is 7.91. The van der Waals surface area contributed by atoms with Gasteiger partial charge in [-0.3, -0.25) is 9.79 Å². The summed E-state index contributed by atoms with van der Waals surface area (Å²) in [5, 5.41) is 6.83. The Hall–Kier alpha value is -2.08. The van der Waals surface area contributed by atoms with E-state index in [1.807, 2.05) is 18.7 Å². The second-order valence-corrected chi connectivity index (χ2v) is 7.91. The molecule has 1 aromatic carbocycles. The van der Waals surface area contributed by atoms with Crippen molar-refractivity contribution in [2.45, 2.75) is 46.2 Å². The van der Waals surface area contributed by atoms with Crippen LogP contribution in [0.4, 0.5) is 0 Å². The van der Waals surface area contributed by atoms with Crippen LogP contribution >= 0.6 is 0 Å². The van der Waals surface area contributed by atoms with E-state index in [0.29, 0.717) is 0 Å². The van der Waals surface area contributed by atoms with Crippen LogP contribution in [-0.2, 0) is 11.3 Å². The van der Waals surface area contributed by atoms with Gasteiger partial charge in [0.2, 0.25) is 5.91 Å². The van der Waals surface area contributed by atoms with Crippen molar-refractivity contribution in [3.8, 4) is 0 Å². The smallest absolute Gasteiger partial charge is 0.225 e. The van der Waals surface area contributed by atoms with Crippen molar-refractivity contribution >= 4 is 11.9 Å². The number of likely N-dealkylation sites (tertiary alicyclic amines) is 1. The molecule has 1 heterocycles. The molecule has 0 bridgehead atoms. The Labute approximate surface area is 170 Å². The fourth-order valence-corrected chi connectivity index (χ4v) is 3.46. The quantitative estimate of drug-likeness (QED) is 0.388. The molecule has 0 aromatic heterocycles. The molecule has 156 valence electrons. The first-order valence-electron chi connectivity index (χ1n) is 10.6. The molecular formula is C22H37N5O. The first-order valence-corrected chi connectivity index (χ1v) is 10.6. The van der Waals surface area contributed by atoms with Gasteiger partial charge in [-0.15, -0.1) is 0 Å². The number of guanidine groups is 1. The molecule has 1 unspecified atom stereocenters. The fourth-order valence-electron chi connectivity index (χ4n) is 3.46. The summed E-state index contributed by atoms with van der Waals surface area (Å²) in [5.74, 6) is 1.17. The van der Waals surface area contributed by atoms with Gasteiger partial charge in [-0.25, -0.2) is 0 Å². The Morgan fingerprint density at radius 1 is 1.32 bits per heavy atom. The van der Waals surface area contributed by atoms with Crippen LogP contribution in [0.25, 0.3) is 0 Å². The lowest BCUT2D eigenvalue weighted by Crippen LogP contribution is -2.45. The van der Waals surface area contributed by atoms with Crippen molar-refractivity contribution in [1.29, 1.82) is 0 Å². The van der Waals surface area contributed by atoms with E-state index in [4.69, 9.17) is 4.99 Å². The van der Waals surface area contributed by atoms with Gasteiger partial charge in [0, 0.05) is 44.7 Å². The third-order valence-corrected chi connectivity index (χ3v) is 4.94. The molecule has 6 heteroatoms. The van der Waals surface area contributed by atoms with Crippen LogP contribution in [0, 0.1) is 5.92 Å². The molecule has 1 aliphatic rings. The van der Waals surface area contributed by atoms with Crippen molar-refractivity contribution in [2.75, 3.05) is 39.8 Å². The predicted octanol–water partition coefficient (Wildman–Crippen LogP) is 2.32. The summed E-state index contributed by atoms with van der Waals surface area (Å²) in [6, 6.07) is 10.8. The summed E-state index contributed by atoms with van der Waals surface area (Å²) >= 11 is 0. The molecule has 1 atom stereocenters. The van der Waals surface area contributed by atoms with Crippen molar-refractivity contribution in [2.24, 2.45) is 10.9 Å². The Morgan fingerprint density at radius 3 is 2.75 bits per heavy atom. The average molecular weight is 388 g/mol. The summed E-state index contributed by atoms with van der Waals surface area (Å²) in [5.41, 5.74) is 1.34. The number of hydrogen-bond donors (Lipinski definition) is 2. The van der Waals surface area contributed by atoms with Gasteiger partial charge >= 0.3 is 0 Å². The molecule has 0 spiro atoms. The molecule has 2 N–H and O–H groups in total. The summed E-state index contributed by atoms with van der Waals surface area (Å²) in [4.78, 5) is 21.2. The molecule has 6 nitrogen and oxygen atoms in total. The van der Waals surface area contributed by atoms with E-state index in [1.54, 1.807) is 0 Å². The molecule has 1 amide bonds. The first-order chi connectivity index (χ1) is 13.5. The maximum absolute atomic E-state index is 12.2. The highest BCUT2D eigenvalue weighted by Gasteiger charge is 2.27. The predicted molar refractivity (Wildman–Crippen MR) is 116 cm³/mol. The number of hydrogen-bond acceptors (Lipinski definition) is 3. The number of aliphatic imine (C=N–C) groups is 1. The van der Waals surface area contributed by atoms with Gasteiger partial charge in [-0.1, -0.05) is 44.2 Å².